The molecule has 0 aliphatic rings. The molecule has 1 aromatic carbocycles. The van der Waals surface area contributed by atoms with E-state index in [2.05, 4.69) is 19.1 Å². The molecule has 0 aliphatic carbocycles. The van der Waals surface area contributed by atoms with Gasteiger partial charge in [-0.3, -0.25) is 5.41 Å². The second-order valence-electron chi connectivity index (χ2n) is 3.87. The molecule has 0 heterocycles. The van der Waals surface area contributed by atoms with Gasteiger partial charge >= 0.3 is 0 Å². The first-order valence-electron chi connectivity index (χ1n) is 5.74. The van der Waals surface area contributed by atoms with Crippen LogP contribution in [-0.4, -0.2) is 11.9 Å². The molecule has 3 nitrogen and oxygen atoms in total. The first kappa shape index (κ1) is 12.6. The number of amidine groups is 1. The smallest absolute Gasteiger partial charge is 0.119 e. The molecule has 0 bridgehead atoms. The minimum atomic E-state index is 0.00461. The van der Waals surface area contributed by atoms with E-state index in [-0.39, 0.29) is 11.9 Å². The third kappa shape index (κ3) is 3.93. The van der Waals surface area contributed by atoms with Crippen molar-refractivity contribution in [3.63, 3.8) is 0 Å². The van der Waals surface area contributed by atoms with Gasteiger partial charge in [-0.25, -0.2) is 0 Å². The van der Waals surface area contributed by atoms with Crippen LogP contribution < -0.4 is 10.5 Å². The van der Waals surface area contributed by atoms with E-state index in [0.717, 1.165) is 18.6 Å². The molecule has 1 atom stereocenters. The van der Waals surface area contributed by atoms with Gasteiger partial charge in [-0.2, -0.15) is 0 Å². The summed E-state index contributed by atoms with van der Waals surface area (Å²) in [5.41, 5.74) is 6.67. The monoisotopic (exact) mass is 220 g/mol. The molecule has 16 heavy (non-hydrogen) atoms. The molecule has 0 radical (unpaired) electrons. The largest absolute Gasteiger partial charge is 0.490 e. The minimum absolute atomic E-state index is 0.00461. The lowest BCUT2D eigenvalue weighted by Crippen LogP contribution is -2.23. The summed E-state index contributed by atoms with van der Waals surface area (Å²) in [5.74, 6) is 1.03. The molecule has 0 spiro atoms. The molecule has 1 unspecified atom stereocenters. The lowest BCUT2D eigenvalue weighted by molar-refractivity contribution is 0.204. The van der Waals surface area contributed by atoms with E-state index in [1.165, 1.54) is 5.56 Å². The van der Waals surface area contributed by atoms with Crippen LogP contribution in [0.3, 0.4) is 0 Å². The van der Waals surface area contributed by atoms with Crippen molar-refractivity contribution in [2.75, 3.05) is 0 Å². The number of rotatable bonds is 6. The van der Waals surface area contributed by atoms with Crippen molar-refractivity contribution in [2.24, 2.45) is 5.73 Å². The number of aryl methyl sites for hydroxylation is 1. The van der Waals surface area contributed by atoms with E-state index in [9.17, 15) is 0 Å². The van der Waals surface area contributed by atoms with E-state index in [4.69, 9.17) is 15.9 Å². The third-order valence-electron chi connectivity index (χ3n) is 2.54. The molecule has 3 N–H and O–H groups in total. The van der Waals surface area contributed by atoms with Crippen LogP contribution in [-0.2, 0) is 6.42 Å². The average molecular weight is 220 g/mol. The zero-order valence-electron chi connectivity index (χ0n) is 9.99. The lowest BCUT2D eigenvalue weighted by Gasteiger charge is -2.16. The Balaban J connectivity index is 2.59. The minimum Gasteiger partial charge on any atom is -0.490 e. The van der Waals surface area contributed by atoms with Gasteiger partial charge in [-0.05, 0) is 30.5 Å². The van der Waals surface area contributed by atoms with E-state index in [0.29, 0.717) is 6.42 Å². The number of hydrogen-bond donors (Lipinski definition) is 2. The van der Waals surface area contributed by atoms with Gasteiger partial charge in [0.15, 0.2) is 0 Å². The van der Waals surface area contributed by atoms with Crippen LogP contribution in [0.2, 0.25) is 0 Å². The number of hydrogen-bond acceptors (Lipinski definition) is 2. The Kier molecular flexibility index (Phi) is 4.83. The normalized spacial score (nSPS) is 12.1. The zero-order valence-corrected chi connectivity index (χ0v) is 9.99. The SMILES string of the molecule is CCc1ccc(OC(CC)CC(=N)N)cc1. The summed E-state index contributed by atoms with van der Waals surface area (Å²) in [4.78, 5) is 0. The molecular formula is C13H20N2O. The first-order valence-corrected chi connectivity index (χ1v) is 5.74. The Morgan fingerprint density at radius 3 is 2.38 bits per heavy atom. The Morgan fingerprint density at radius 1 is 1.31 bits per heavy atom. The molecule has 3 heteroatoms. The van der Waals surface area contributed by atoms with Gasteiger partial charge in [0, 0.05) is 6.42 Å². The molecule has 0 aliphatic heterocycles. The highest BCUT2D eigenvalue weighted by Crippen LogP contribution is 2.16. The summed E-state index contributed by atoms with van der Waals surface area (Å²) < 4.78 is 5.75. The van der Waals surface area contributed by atoms with Crippen molar-refractivity contribution >= 4 is 5.84 Å². The molecular weight excluding hydrogens is 200 g/mol. The average Bonchev–Trinajstić information content (AvgIpc) is 2.28. The van der Waals surface area contributed by atoms with Gasteiger partial charge in [0.1, 0.15) is 11.9 Å². The van der Waals surface area contributed by atoms with E-state index >= 15 is 0 Å². The van der Waals surface area contributed by atoms with Crippen LogP contribution in [0.4, 0.5) is 0 Å². The summed E-state index contributed by atoms with van der Waals surface area (Å²) in [7, 11) is 0. The molecule has 0 fully saturated rings. The van der Waals surface area contributed by atoms with Gasteiger partial charge < -0.3 is 10.5 Å². The number of ether oxygens (including phenoxy) is 1. The predicted molar refractivity (Wildman–Crippen MR) is 67.1 cm³/mol. The highest BCUT2D eigenvalue weighted by molar-refractivity contribution is 5.77. The molecule has 0 saturated carbocycles. The van der Waals surface area contributed by atoms with Crippen molar-refractivity contribution in [1.82, 2.24) is 0 Å². The summed E-state index contributed by atoms with van der Waals surface area (Å²) in [6, 6.07) is 8.08. The van der Waals surface area contributed by atoms with Crippen molar-refractivity contribution in [2.45, 2.75) is 39.2 Å². The fraction of sp³-hybridized carbons (Fsp3) is 0.462. The maximum atomic E-state index is 7.26. The van der Waals surface area contributed by atoms with Gasteiger partial charge in [0.2, 0.25) is 0 Å². The van der Waals surface area contributed by atoms with E-state index < -0.39 is 0 Å². The Morgan fingerprint density at radius 2 is 1.94 bits per heavy atom. The summed E-state index contributed by atoms with van der Waals surface area (Å²) in [5, 5.41) is 7.26. The standard InChI is InChI=1S/C13H20N2O/c1-3-10-5-7-12(8-6-10)16-11(4-2)9-13(14)15/h5-8,11H,3-4,9H2,1-2H3,(H3,14,15). The summed E-state index contributed by atoms with van der Waals surface area (Å²) in [6.07, 6.45) is 2.39. The van der Waals surface area contributed by atoms with Gasteiger partial charge in [-0.1, -0.05) is 26.0 Å². The zero-order chi connectivity index (χ0) is 12.0. The molecule has 0 saturated heterocycles. The Bertz CT molecular complexity index is 332. The number of nitrogens with one attached hydrogen (secondary N) is 1. The van der Waals surface area contributed by atoms with E-state index in [1.807, 2.05) is 19.1 Å². The van der Waals surface area contributed by atoms with Crippen molar-refractivity contribution < 1.29 is 4.74 Å². The fourth-order valence-corrected chi connectivity index (χ4v) is 1.51. The molecule has 0 amide bonds. The van der Waals surface area contributed by atoms with Crippen LogP contribution >= 0.6 is 0 Å². The van der Waals surface area contributed by atoms with Crippen molar-refractivity contribution in [3.8, 4) is 5.75 Å². The highest BCUT2D eigenvalue weighted by atomic mass is 16.5. The van der Waals surface area contributed by atoms with Crippen LogP contribution in [0.1, 0.15) is 32.3 Å². The number of benzene rings is 1. The lowest BCUT2D eigenvalue weighted by atomic mass is 10.1. The summed E-state index contributed by atoms with van der Waals surface area (Å²) >= 11 is 0. The molecule has 88 valence electrons. The topological polar surface area (TPSA) is 59.1 Å². The highest BCUT2D eigenvalue weighted by Gasteiger charge is 2.09. The second kappa shape index (κ2) is 6.16. The molecule has 1 rings (SSSR count). The van der Waals surface area contributed by atoms with Crippen LogP contribution in [0, 0.1) is 5.41 Å². The van der Waals surface area contributed by atoms with Gasteiger partial charge in [0.05, 0.1) is 5.84 Å². The Hall–Kier alpha value is -1.51. The maximum Gasteiger partial charge on any atom is 0.119 e. The second-order valence-corrected chi connectivity index (χ2v) is 3.87. The molecule has 1 aromatic rings. The van der Waals surface area contributed by atoms with Crippen LogP contribution in [0.15, 0.2) is 24.3 Å². The van der Waals surface area contributed by atoms with Crippen LogP contribution in [0.5, 0.6) is 5.75 Å². The maximum absolute atomic E-state index is 7.26. The van der Waals surface area contributed by atoms with Crippen LogP contribution in [0.25, 0.3) is 0 Å². The quantitative estimate of drug-likeness (QED) is 0.572. The van der Waals surface area contributed by atoms with Gasteiger partial charge in [0.25, 0.3) is 0 Å². The van der Waals surface area contributed by atoms with Gasteiger partial charge in [-0.15, -0.1) is 0 Å². The van der Waals surface area contributed by atoms with E-state index in [1.54, 1.807) is 0 Å². The summed E-state index contributed by atoms with van der Waals surface area (Å²) in [6.45, 7) is 4.16. The Labute approximate surface area is 97.1 Å². The molecule has 0 aromatic heterocycles. The first-order chi connectivity index (χ1) is 7.65. The van der Waals surface area contributed by atoms with Crippen molar-refractivity contribution in [1.29, 1.82) is 5.41 Å². The number of nitrogens with two attached hydrogens (primary N) is 1. The third-order valence-corrected chi connectivity index (χ3v) is 2.54. The van der Waals surface area contributed by atoms with Crippen molar-refractivity contribution in [3.05, 3.63) is 29.8 Å². The fourth-order valence-electron chi connectivity index (χ4n) is 1.51. The predicted octanol–water partition coefficient (Wildman–Crippen LogP) is 2.73.